The van der Waals surface area contributed by atoms with Gasteiger partial charge in [0.2, 0.25) is 5.95 Å². The highest BCUT2D eigenvalue weighted by Gasteiger charge is 2.22. The fourth-order valence-electron chi connectivity index (χ4n) is 4.32. The molecule has 1 aliphatic carbocycles. The van der Waals surface area contributed by atoms with Gasteiger partial charge in [0.05, 0.1) is 23.4 Å². The molecule has 0 bridgehead atoms. The van der Waals surface area contributed by atoms with Gasteiger partial charge in [0.25, 0.3) is 5.56 Å². The van der Waals surface area contributed by atoms with Crippen molar-refractivity contribution in [3.8, 4) is 10.6 Å². The lowest BCUT2D eigenvalue weighted by atomic mass is 9.89. The molecule has 0 unspecified atom stereocenters. The van der Waals surface area contributed by atoms with Crippen molar-refractivity contribution in [2.75, 3.05) is 43.1 Å². The number of morpholine rings is 1. The zero-order chi connectivity index (χ0) is 20.3. The minimum Gasteiger partial charge on any atom is -0.378 e. The first-order valence-electron chi connectivity index (χ1n) is 10.8. The van der Waals surface area contributed by atoms with Crippen LogP contribution in [0.2, 0.25) is 0 Å². The molecule has 7 nitrogen and oxygen atoms in total. The van der Waals surface area contributed by atoms with E-state index in [0.29, 0.717) is 41.5 Å². The maximum atomic E-state index is 13.2. The van der Waals surface area contributed by atoms with Gasteiger partial charge in [0.15, 0.2) is 0 Å². The first kappa shape index (κ1) is 19.5. The highest BCUT2D eigenvalue weighted by atomic mass is 32.1. The number of anilines is 2. The van der Waals surface area contributed by atoms with Gasteiger partial charge in [-0.25, -0.2) is 4.98 Å². The van der Waals surface area contributed by atoms with Gasteiger partial charge in [-0.1, -0.05) is 31.4 Å². The molecule has 8 heteroatoms. The van der Waals surface area contributed by atoms with Crippen molar-refractivity contribution in [1.29, 1.82) is 0 Å². The lowest BCUT2D eigenvalue weighted by Crippen LogP contribution is -2.38. The fourth-order valence-corrected chi connectivity index (χ4v) is 5.33. The summed E-state index contributed by atoms with van der Waals surface area (Å²) >= 11 is 1.54. The number of aromatic nitrogens is 3. The zero-order valence-corrected chi connectivity index (χ0v) is 17.8. The quantitative estimate of drug-likeness (QED) is 0.646. The van der Waals surface area contributed by atoms with E-state index in [0.717, 1.165) is 29.9 Å². The van der Waals surface area contributed by atoms with Crippen LogP contribution < -0.4 is 15.8 Å². The molecule has 0 atom stereocenters. The molecule has 1 saturated carbocycles. The third-order valence-electron chi connectivity index (χ3n) is 6.01. The number of nitrogens with one attached hydrogen (secondary N) is 2. The summed E-state index contributed by atoms with van der Waals surface area (Å²) in [5.74, 6) is 1.89. The van der Waals surface area contributed by atoms with Crippen LogP contribution in [0.25, 0.3) is 20.8 Å². The molecule has 2 fully saturated rings. The summed E-state index contributed by atoms with van der Waals surface area (Å²) in [7, 11) is 0. The van der Waals surface area contributed by atoms with Crippen molar-refractivity contribution >= 4 is 33.3 Å². The Morgan fingerprint density at radius 2 is 1.93 bits per heavy atom. The number of nitrogens with zero attached hydrogens (tertiary/aromatic N) is 3. The molecule has 2 N–H and O–H groups in total. The van der Waals surface area contributed by atoms with Crippen molar-refractivity contribution in [2.24, 2.45) is 5.92 Å². The second-order valence-electron chi connectivity index (χ2n) is 8.08. The number of ether oxygens (including phenoxy) is 1. The Morgan fingerprint density at radius 1 is 1.13 bits per heavy atom. The summed E-state index contributed by atoms with van der Waals surface area (Å²) in [6.45, 7) is 3.59. The van der Waals surface area contributed by atoms with E-state index in [9.17, 15) is 4.79 Å². The molecule has 0 radical (unpaired) electrons. The van der Waals surface area contributed by atoms with Crippen LogP contribution in [0.15, 0.2) is 29.1 Å². The molecule has 2 aromatic heterocycles. The van der Waals surface area contributed by atoms with Crippen molar-refractivity contribution in [1.82, 2.24) is 15.0 Å². The minimum atomic E-state index is -0.142. The Morgan fingerprint density at radius 3 is 2.73 bits per heavy atom. The number of aromatic amines is 1. The van der Waals surface area contributed by atoms with Gasteiger partial charge < -0.3 is 15.0 Å². The Bertz CT molecular complexity index is 1030. The van der Waals surface area contributed by atoms with Crippen LogP contribution in [-0.4, -0.2) is 47.8 Å². The molecule has 158 valence electrons. The fraction of sp³-hybridized carbons (Fsp3) is 0.500. The Balaban J connectivity index is 1.52. The van der Waals surface area contributed by atoms with Crippen LogP contribution in [0.3, 0.4) is 0 Å². The number of fused-ring (bicyclic) bond motifs is 1. The number of para-hydroxylation sites is 1. The molecule has 0 amide bonds. The summed E-state index contributed by atoms with van der Waals surface area (Å²) in [5.41, 5.74) is 1.31. The number of benzene rings is 1. The summed E-state index contributed by atoms with van der Waals surface area (Å²) in [6, 6.07) is 7.98. The Labute approximate surface area is 179 Å². The molecular formula is C22H27N5O2S. The standard InChI is InChI=1S/C22H27N5O2S/c28-20-18(21-24-16-8-4-5-9-17(16)30-21)19(23-14-15-6-2-1-3-7-15)25-22(26-20)27-10-12-29-13-11-27/h4-5,8-9,15H,1-3,6-7,10-14H2,(H2,23,25,26,28). The van der Waals surface area contributed by atoms with E-state index in [2.05, 4.69) is 15.2 Å². The van der Waals surface area contributed by atoms with E-state index in [1.807, 2.05) is 24.3 Å². The molecule has 3 aromatic rings. The Hall–Kier alpha value is -2.45. The average Bonchev–Trinajstić information content (AvgIpc) is 3.22. The molecular weight excluding hydrogens is 398 g/mol. The largest absolute Gasteiger partial charge is 0.378 e. The van der Waals surface area contributed by atoms with Gasteiger partial charge >= 0.3 is 0 Å². The predicted molar refractivity (Wildman–Crippen MR) is 122 cm³/mol. The number of H-pyrrole nitrogens is 1. The third kappa shape index (κ3) is 4.06. The molecule has 1 aliphatic heterocycles. The summed E-state index contributed by atoms with van der Waals surface area (Å²) in [5, 5.41) is 4.24. The van der Waals surface area contributed by atoms with E-state index in [1.165, 1.54) is 43.4 Å². The summed E-state index contributed by atoms with van der Waals surface area (Å²) < 4.78 is 6.52. The van der Waals surface area contributed by atoms with E-state index in [4.69, 9.17) is 14.7 Å². The third-order valence-corrected chi connectivity index (χ3v) is 7.06. The van der Waals surface area contributed by atoms with Gasteiger partial charge in [-0.3, -0.25) is 9.78 Å². The van der Waals surface area contributed by atoms with E-state index >= 15 is 0 Å². The van der Waals surface area contributed by atoms with Crippen LogP contribution in [0.5, 0.6) is 0 Å². The SMILES string of the molecule is O=c1[nH]c(N2CCOCC2)nc(NCC2CCCCC2)c1-c1nc2ccccc2s1. The van der Waals surface area contributed by atoms with Gasteiger partial charge in [-0.15, -0.1) is 11.3 Å². The van der Waals surface area contributed by atoms with Crippen molar-refractivity contribution in [3.05, 3.63) is 34.6 Å². The highest BCUT2D eigenvalue weighted by molar-refractivity contribution is 7.21. The topological polar surface area (TPSA) is 83.1 Å². The summed E-state index contributed by atoms with van der Waals surface area (Å²) in [4.78, 5) is 27.9. The van der Waals surface area contributed by atoms with E-state index in [1.54, 1.807) is 0 Å². The van der Waals surface area contributed by atoms with Crippen LogP contribution in [0.1, 0.15) is 32.1 Å². The lowest BCUT2D eigenvalue weighted by molar-refractivity contribution is 0.122. The van der Waals surface area contributed by atoms with Gasteiger partial charge in [0, 0.05) is 19.6 Å². The number of hydrogen-bond donors (Lipinski definition) is 2. The molecule has 0 spiro atoms. The Kier molecular flexibility index (Phi) is 5.68. The van der Waals surface area contributed by atoms with Gasteiger partial charge in [-0.05, 0) is 30.9 Å². The molecule has 30 heavy (non-hydrogen) atoms. The predicted octanol–water partition coefficient (Wildman–Crippen LogP) is 3.88. The highest BCUT2D eigenvalue weighted by Crippen LogP contribution is 2.33. The smallest absolute Gasteiger partial charge is 0.264 e. The lowest BCUT2D eigenvalue weighted by Gasteiger charge is -2.28. The van der Waals surface area contributed by atoms with Crippen LogP contribution in [0, 0.1) is 5.92 Å². The van der Waals surface area contributed by atoms with E-state index in [-0.39, 0.29) is 5.56 Å². The molecule has 1 aromatic carbocycles. The first-order valence-corrected chi connectivity index (χ1v) is 11.7. The normalized spacial score (nSPS) is 18.1. The molecule has 3 heterocycles. The zero-order valence-electron chi connectivity index (χ0n) is 17.0. The minimum absolute atomic E-state index is 0.142. The molecule has 5 rings (SSSR count). The first-order chi connectivity index (χ1) is 14.8. The molecule has 1 saturated heterocycles. The maximum absolute atomic E-state index is 13.2. The van der Waals surface area contributed by atoms with Crippen molar-refractivity contribution in [2.45, 2.75) is 32.1 Å². The number of rotatable bonds is 5. The van der Waals surface area contributed by atoms with E-state index < -0.39 is 0 Å². The average molecular weight is 426 g/mol. The summed E-state index contributed by atoms with van der Waals surface area (Å²) in [6.07, 6.45) is 6.39. The second kappa shape index (κ2) is 8.73. The van der Waals surface area contributed by atoms with Gasteiger partial charge in [0.1, 0.15) is 16.4 Å². The van der Waals surface area contributed by atoms with Crippen LogP contribution in [-0.2, 0) is 4.74 Å². The van der Waals surface area contributed by atoms with Crippen LogP contribution >= 0.6 is 11.3 Å². The van der Waals surface area contributed by atoms with Crippen molar-refractivity contribution < 1.29 is 4.74 Å². The number of hydrogen-bond acceptors (Lipinski definition) is 7. The number of thiazole rings is 1. The second-order valence-corrected chi connectivity index (χ2v) is 9.11. The monoisotopic (exact) mass is 425 g/mol. The van der Waals surface area contributed by atoms with Crippen molar-refractivity contribution in [3.63, 3.8) is 0 Å². The van der Waals surface area contributed by atoms with Gasteiger partial charge in [-0.2, -0.15) is 4.98 Å². The maximum Gasteiger partial charge on any atom is 0.264 e. The van der Waals surface area contributed by atoms with Crippen LogP contribution in [0.4, 0.5) is 11.8 Å². The molecule has 2 aliphatic rings.